The minimum Gasteiger partial charge on any atom is -0.383 e. The first-order valence-electron chi connectivity index (χ1n) is 7.03. The largest absolute Gasteiger partial charge is 0.383 e. The highest BCUT2D eigenvalue weighted by molar-refractivity contribution is 7.15. The first-order chi connectivity index (χ1) is 9.17. The van der Waals surface area contributed by atoms with Crippen LogP contribution < -0.4 is 10.2 Å². The molecule has 5 heteroatoms. The van der Waals surface area contributed by atoms with Crippen molar-refractivity contribution in [3.8, 4) is 0 Å². The molecule has 1 fully saturated rings. The predicted molar refractivity (Wildman–Crippen MR) is 81.0 cm³/mol. The van der Waals surface area contributed by atoms with E-state index >= 15 is 0 Å². The molecular weight excluding hydrogens is 258 g/mol. The highest BCUT2D eigenvalue weighted by Crippen LogP contribution is 2.38. The van der Waals surface area contributed by atoms with Gasteiger partial charge in [-0.05, 0) is 39.7 Å². The molecule has 2 rings (SSSR count). The monoisotopic (exact) mass is 283 g/mol. The van der Waals surface area contributed by atoms with Crippen molar-refractivity contribution < 1.29 is 4.74 Å². The summed E-state index contributed by atoms with van der Waals surface area (Å²) in [5.41, 5.74) is 1.15. The molecule has 0 radical (unpaired) electrons. The van der Waals surface area contributed by atoms with E-state index in [9.17, 15) is 0 Å². The van der Waals surface area contributed by atoms with E-state index in [4.69, 9.17) is 9.72 Å². The van der Waals surface area contributed by atoms with E-state index in [1.807, 2.05) is 18.4 Å². The van der Waals surface area contributed by atoms with E-state index in [-0.39, 0.29) is 0 Å². The van der Waals surface area contributed by atoms with Crippen LogP contribution in [-0.2, 0) is 11.3 Å². The van der Waals surface area contributed by atoms with Crippen LogP contribution in [0.25, 0.3) is 0 Å². The first kappa shape index (κ1) is 14.8. The van der Waals surface area contributed by atoms with Crippen molar-refractivity contribution in [1.29, 1.82) is 0 Å². The van der Waals surface area contributed by atoms with Gasteiger partial charge in [0, 0.05) is 31.1 Å². The lowest BCUT2D eigenvalue weighted by atomic mass is 10.2. The Balaban J connectivity index is 2.13. The van der Waals surface area contributed by atoms with E-state index in [0.717, 1.165) is 36.4 Å². The fourth-order valence-electron chi connectivity index (χ4n) is 2.36. The smallest absolute Gasteiger partial charge is 0.186 e. The number of hydrogen-bond acceptors (Lipinski definition) is 5. The molecule has 1 atom stereocenters. The Morgan fingerprint density at radius 2 is 2.26 bits per heavy atom. The van der Waals surface area contributed by atoms with Crippen molar-refractivity contribution in [2.75, 3.05) is 32.2 Å². The van der Waals surface area contributed by atoms with Gasteiger partial charge in [0.05, 0.1) is 12.3 Å². The predicted octanol–water partition coefficient (Wildman–Crippen LogP) is 2.42. The van der Waals surface area contributed by atoms with Crippen molar-refractivity contribution in [3.63, 3.8) is 0 Å². The number of aryl methyl sites for hydroxylation is 1. The second kappa shape index (κ2) is 6.68. The van der Waals surface area contributed by atoms with Crippen LogP contribution in [0.15, 0.2) is 0 Å². The number of methoxy groups -OCH3 is 1. The van der Waals surface area contributed by atoms with Crippen LogP contribution in [0.5, 0.6) is 0 Å². The van der Waals surface area contributed by atoms with Gasteiger partial charge in [-0.15, -0.1) is 11.3 Å². The number of ether oxygens (including phenoxy) is 1. The topological polar surface area (TPSA) is 37.4 Å². The van der Waals surface area contributed by atoms with Gasteiger partial charge >= 0.3 is 0 Å². The normalized spacial score (nSPS) is 16.6. The molecule has 1 aromatic rings. The van der Waals surface area contributed by atoms with E-state index < -0.39 is 0 Å². The standard InChI is InChI=1S/C14H25N3OS/c1-10-13(9-15-3)19-14(16-10)17(7-8-18-4)11(2)12-5-6-12/h11-12,15H,5-9H2,1-4H3. The summed E-state index contributed by atoms with van der Waals surface area (Å²) in [6.45, 7) is 7.02. The summed E-state index contributed by atoms with van der Waals surface area (Å²) >= 11 is 1.81. The Morgan fingerprint density at radius 3 is 2.84 bits per heavy atom. The Bertz CT molecular complexity index is 403. The van der Waals surface area contributed by atoms with Crippen LogP contribution in [0.1, 0.15) is 30.3 Å². The molecule has 0 spiro atoms. The van der Waals surface area contributed by atoms with Crippen LogP contribution in [0, 0.1) is 12.8 Å². The van der Waals surface area contributed by atoms with Crippen LogP contribution in [0.3, 0.4) is 0 Å². The lowest BCUT2D eigenvalue weighted by molar-refractivity contribution is 0.202. The van der Waals surface area contributed by atoms with Crippen LogP contribution in [0.2, 0.25) is 0 Å². The zero-order valence-electron chi connectivity index (χ0n) is 12.4. The maximum atomic E-state index is 5.25. The minimum atomic E-state index is 0.572. The summed E-state index contributed by atoms with van der Waals surface area (Å²) < 4.78 is 5.25. The average Bonchev–Trinajstić information content (AvgIpc) is 3.17. The summed E-state index contributed by atoms with van der Waals surface area (Å²) in [6, 6.07) is 0.572. The molecule has 1 aliphatic rings. The number of hydrogen-bond donors (Lipinski definition) is 1. The molecule has 0 saturated heterocycles. The van der Waals surface area contributed by atoms with E-state index in [2.05, 4.69) is 24.1 Å². The van der Waals surface area contributed by atoms with Crippen molar-refractivity contribution in [2.45, 2.75) is 39.3 Å². The summed E-state index contributed by atoms with van der Waals surface area (Å²) in [6.07, 6.45) is 2.72. The molecule has 1 aromatic heterocycles. The van der Waals surface area contributed by atoms with E-state index in [0.29, 0.717) is 6.04 Å². The number of anilines is 1. The van der Waals surface area contributed by atoms with Gasteiger partial charge < -0.3 is 15.0 Å². The summed E-state index contributed by atoms with van der Waals surface area (Å²) in [4.78, 5) is 8.53. The molecule has 0 aromatic carbocycles. The van der Waals surface area contributed by atoms with Gasteiger partial charge in [0.25, 0.3) is 0 Å². The Kier molecular flexibility index (Phi) is 5.19. The van der Waals surface area contributed by atoms with E-state index in [1.165, 1.54) is 17.7 Å². The van der Waals surface area contributed by atoms with Gasteiger partial charge in [0.2, 0.25) is 0 Å². The van der Waals surface area contributed by atoms with Gasteiger partial charge in [-0.1, -0.05) is 0 Å². The van der Waals surface area contributed by atoms with Crippen molar-refractivity contribution in [1.82, 2.24) is 10.3 Å². The van der Waals surface area contributed by atoms with Crippen molar-refractivity contribution in [3.05, 3.63) is 10.6 Å². The Hall–Kier alpha value is -0.650. The molecule has 0 amide bonds. The summed E-state index contributed by atoms with van der Waals surface area (Å²) in [7, 11) is 3.74. The molecule has 4 nitrogen and oxygen atoms in total. The summed E-state index contributed by atoms with van der Waals surface area (Å²) in [5, 5.41) is 4.36. The molecule has 0 aliphatic heterocycles. The van der Waals surface area contributed by atoms with Crippen LogP contribution in [0.4, 0.5) is 5.13 Å². The van der Waals surface area contributed by atoms with Crippen LogP contribution in [-0.4, -0.2) is 38.3 Å². The van der Waals surface area contributed by atoms with Crippen LogP contribution >= 0.6 is 11.3 Å². The maximum Gasteiger partial charge on any atom is 0.186 e. The van der Waals surface area contributed by atoms with Gasteiger partial charge in [0.15, 0.2) is 5.13 Å². The van der Waals surface area contributed by atoms with E-state index in [1.54, 1.807) is 7.11 Å². The number of aromatic nitrogens is 1. The third-order valence-electron chi connectivity index (χ3n) is 3.80. The second-order valence-electron chi connectivity index (χ2n) is 5.30. The number of nitrogens with zero attached hydrogens (tertiary/aromatic N) is 2. The van der Waals surface area contributed by atoms with Gasteiger partial charge in [0.1, 0.15) is 0 Å². The number of thiazole rings is 1. The summed E-state index contributed by atoms with van der Waals surface area (Å²) in [5.74, 6) is 0.841. The van der Waals surface area contributed by atoms with Gasteiger partial charge in [-0.3, -0.25) is 0 Å². The molecule has 1 unspecified atom stereocenters. The first-order valence-corrected chi connectivity index (χ1v) is 7.85. The number of rotatable bonds is 8. The van der Waals surface area contributed by atoms with Crippen molar-refractivity contribution in [2.24, 2.45) is 5.92 Å². The second-order valence-corrected chi connectivity index (χ2v) is 6.36. The maximum absolute atomic E-state index is 5.25. The third kappa shape index (κ3) is 3.68. The van der Waals surface area contributed by atoms with Gasteiger partial charge in [-0.25, -0.2) is 4.98 Å². The third-order valence-corrected chi connectivity index (χ3v) is 4.99. The van der Waals surface area contributed by atoms with Gasteiger partial charge in [-0.2, -0.15) is 0 Å². The fourth-order valence-corrected chi connectivity index (χ4v) is 3.54. The highest BCUT2D eigenvalue weighted by atomic mass is 32.1. The lowest BCUT2D eigenvalue weighted by Gasteiger charge is -2.28. The molecule has 1 heterocycles. The average molecular weight is 283 g/mol. The SMILES string of the molecule is CNCc1sc(N(CCOC)C(C)C2CC2)nc1C. The quantitative estimate of drug-likeness (QED) is 0.795. The zero-order valence-corrected chi connectivity index (χ0v) is 13.2. The molecule has 0 bridgehead atoms. The molecule has 1 saturated carbocycles. The lowest BCUT2D eigenvalue weighted by Crippen LogP contribution is -2.37. The molecule has 19 heavy (non-hydrogen) atoms. The molecule has 1 N–H and O–H groups in total. The zero-order chi connectivity index (χ0) is 13.8. The van der Waals surface area contributed by atoms with Crippen molar-refractivity contribution >= 4 is 16.5 Å². The number of nitrogens with one attached hydrogen (secondary N) is 1. The minimum absolute atomic E-state index is 0.572. The molecular formula is C14H25N3OS. The fraction of sp³-hybridized carbons (Fsp3) is 0.786. The highest BCUT2D eigenvalue weighted by Gasteiger charge is 2.33. The molecule has 108 valence electrons. The Labute approximate surface area is 120 Å². The Morgan fingerprint density at radius 1 is 1.53 bits per heavy atom. The molecule has 1 aliphatic carbocycles.